The van der Waals surface area contributed by atoms with Crippen LogP contribution in [-0.2, 0) is 6.42 Å². The van der Waals surface area contributed by atoms with Crippen LogP contribution in [0.4, 0.5) is 11.4 Å². The van der Waals surface area contributed by atoms with E-state index in [0.717, 1.165) is 30.9 Å². The maximum atomic E-state index is 10.5. The average Bonchev–Trinajstić information content (AvgIpc) is 2.88. The molecule has 1 aromatic carbocycles. The topological polar surface area (TPSA) is 83.8 Å². The summed E-state index contributed by atoms with van der Waals surface area (Å²) >= 11 is 0. The Hall–Kier alpha value is -2.37. The van der Waals surface area contributed by atoms with Gasteiger partial charge in [-0.05, 0) is 18.6 Å². The maximum Gasteiger partial charge on any atom is 0.269 e. The third kappa shape index (κ3) is 3.31. The molecule has 94 valence electrons. The molecule has 18 heavy (non-hydrogen) atoms. The number of aromatic nitrogens is 2. The third-order valence-corrected chi connectivity index (χ3v) is 2.55. The first kappa shape index (κ1) is 12.1. The molecular weight excluding hydrogens is 232 g/mol. The highest BCUT2D eigenvalue weighted by atomic mass is 16.6. The Labute approximate surface area is 104 Å². The van der Waals surface area contributed by atoms with E-state index in [0.29, 0.717) is 0 Å². The highest BCUT2D eigenvalue weighted by Crippen LogP contribution is 2.15. The smallest absolute Gasteiger partial charge is 0.269 e. The molecule has 0 amide bonds. The van der Waals surface area contributed by atoms with Crippen LogP contribution in [0.1, 0.15) is 12.2 Å². The van der Waals surface area contributed by atoms with Crippen LogP contribution in [0, 0.1) is 10.1 Å². The van der Waals surface area contributed by atoms with Crippen molar-refractivity contribution in [2.45, 2.75) is 12.8 Å². The molecule has 1 heterocycles. The van der Waals surface area contributed by atoms with Gasteiger partial charge in [0.15, 0.2) is 0 Å². The van der Waals surface area contributed by atoms with E-state index in [1.54, 1.807) is 24.5 Å². The van der Waals surface area contributed by atoms with E-state index in [1.165, 1.54) is 12.1 Å². The second-order valence-electron chi connectivity index (χ2n) is 3.87. The van der Waals surface area contributed by atoms with E-state index in [1.807, 2.05) is 0 Å². The van der Waals surface area contributed by atoms with Gasteiger partial charge in [-0.1, -0.05) is 0 Å². The Morgan fingerprint density at radius 1 is 1.33 bits per heavy atom. The predicted octanol–water partition coefficient (Wildman–Crippen LogP) is 2.36. The fourth-order valence-corrected chi connectivity index (χ4v) is 1.62. The molecule has 0 aliphatic rings. The van der Waals surface area contributed by atoms with Crippen molar-refractivity contribution in [1.29, 1.82) is 0 Å². The number of rotatable bonds is 6. The van der Waals surface area contributed by atoms with Gasteiger partial charge >= 0.3 is 0 Å². The number of aromatic amines is 1. The standard InChI is InChI=1S/C12H14N4O2/c17-16(18)11-5-3-10(4-6-11)13-7-1-2-12-14-8-9-15-12/h3-6,8-9,13H,1-2,7H2,(H,14,15). The molecule has 6 heteroatoms. The number of anilines is 1. The molecule has 0 radical (unpaired) electrons. The number of benzene rings is 1. The van der Waals surface area contributed by atoms with Gasteiger partial charge in [0.25, 0.3) is 5.69 Å². The molecule has 0 saturated heterocycles. The van der Waals surface area contributed by atoms with Gasteiger partial charge in [-0.25, -0.2) is 4.98 Å². The molecule has 2 rings (SSSR count). The number of hydrogen-bond acceptors (Lipinski definition) is 4. The summed E-state index contributed by atoms with van der Waals surface area (Å²) in [7, 11) is 0. The lowest BCUT2D eigenvalue weighted by Crippen LogP contribution is -2.03. The number of H-pyrrole nitrogens is 1. The SMILES string of the molecule is O=[N+]([O-])c1ccc(NCCCc2ncc[nH]2)cc1. The minimum atomic E-state index is -0.402. The van der Waals surface area contributed by atoms with Gasteiger partial charge in [0, 0.05) is 43.2 Å². The molecule has 0 spiro atoms. The van der Waals surface area contributed by atoms with Crippen LogP contribution in [0.5, 0.6) is 0 Å². The molecule has 0 aliphatic carbocycles. The molecule has 0 atom stereocenters. The Balaban J connectivity index is 1.75. The minimum Gasteiger partial charge on any atom is -0.385 e. The van der Waals surface area contributed by atoms with Gasteiger partial charge in [0.1, 0.15) is 5.82 Å². The van der Waals surface area contributed by atoms with E-state index in [4.69, 9.17) is 0 Å². The molecule has 0 unspecified atom stereocenters. The Morgan fingerprint density at radius 3 is 2.72 bits per heavy atom. The number of aryl methyl sites for hydroxylation is 1. The van der Waals surface area contributed by atoms with Crippen molar-refractivity contribution >= 4 is 11.4 Å². The van der Waals surface area contributed by atoms with E-state index in [2.05, 4.69) is 15.3 Å². The Kier molecular flexibility index (Phi) is 3.90. The van der Waals surface area contributed by atoms with Crippen molar-refractivity contribution < 1.29 is 4.92 Å². The number of nitro benzene ring substituents is 1. The van der Waals surface area contributed by atoms with Gasteiger partial charge in [-0.2, -0.15) is 0 Å². The zero-order valence-corrected chi connectivity index (χ0v) is 9.80. The van der Waals surface area contributed by atoms with Crippen molar-refractivity contribution in [3.05, 3.63) is 52.6 Å². The number of non-ortho nitro benzene ring substituents is 1. The zero-order valence-electron chi connectivity index (χ0n) is 9.80. The van der Waals surface area contributed by atoms with Gasteiger partial charge < -0.3 is 10.3 Å². The van der Waals surface area contributed by atoms with Gasteiger partial charge in [0.05, 0.1) is 4.92 Å². The van der Waals surface area contributed by atoms with Crippen LogP contribution >= 0.6 is 0 Å². The van der Waals surface area contributed by atoms with Gasteiger partial charge in [-0.3, -0.25) is 10.1 Å². The van der Waals surface area contributed by atoms with Crippen LogP contribution in [0.3, 0.4) is 0 Å². The predicted molar refractivity (Wildman–Crippen MR) is 68.5 cm³/mol. The second kappa shape index (κ2) is 5.81. The summed E-state index contributed by atoms with van der Waals surface area (Å²) < 4.78 is 0. The average molecular weight is 246 g/mol. The maximum absolute atomic E-state index is 10.5. The quantitative estimate of drug-likeness (QED) is 0.465. The van der Waals surface area contributed by atoms with Crippen molar-refractivity contribution in [3.63, 3.8) is 0 Å². The third-order valence-electron chi connectivity index (χ3n) is 2.55. The summed E-state index contributed by atoms with van der Waals surface area (Å²) in [5, 5.41) is 13.7. The van der Waals surface area contributed by atoms with Crippen molar-refractivity contribution in [1.82, 2.24) is 9.97 Å². The number of nitrogens with one attached hydrogen (secondary N) is 2. The molecule has 0 aliphatic heterocycles. The molecular formula is C12H14N4O2. The summed E-state index contributed by atoms with van der Waals surface area (Å²) in [6.07, 6.45) is 5.37. The lowest BCUT2D eigenvalue weighted by atomic mass is 10.2. The molecule has 1 aromatic heterocycles. The monoisotopic (exact) mass is 246 g/mol. The van der Waals surface area contributed by atoms with E-state index >= 15 is 0 Å². The zero-order chi connectivity index (χ0) is 12.8. The minimum absolute atomic E-state index is 0.108. The van der Waals surface area contributed by atoms with Gasteiger partial charge in [-0.15, -0.1) is 0 Å². The Morgan fingerprint density at radius 2 is 2.11 bits per heavy atom. The summed E-state index contributed by atoms with van der Waals surface area (Å²) in [6, 6.07) is 6.42. The number of imidazole rings is 1. The summed E-state index contributed by atoms with van der Waals surface area (Å²) in [5.41, 5.74) is 0.996. The fourth-order valence-electron chi connectivity index (χ4n) is 1.62. The molecule has 2 aromatic rings. The lowest BCUT2D eigenvalue weighted by Gasteiger charge is -2.04. The molecule has 0 fully saturated rings. The second-order valence-corrected chi connectivity index (χ2v) is 3.87. The molecule has 0 bridgehead atoms. The first-order chi connectivity index (χ1) is 8.75. The van der Waals surface area contributed by atoms with Crippen LogP contribution < -0.4 is 5.32 Å². The van der Waals surface area contributed by atoms with Crippen molar-refractivity contribution in [2.24, 2.45) is 0 Å². The fraction of sp³-hybridized carbons (Fsp3) is 0.250. The Bertz CT molecular complexity index is 493. The highest BCUT2D eigenvalue weighted by Gasteiger charge is 2.03. The number of nitro groups is 1. The lowest BCUT2D eigenvalue weighted by molar-refractivity contribution is -0.384. The van der Waals surface area contributed by atoms with Crippen molar-refractivity contribution in [3.8, 4) is 0 Å². The van der Waals surface area contributed by atoms with E-state index < -0.39 is 4.92 Å². The van der Waals surface area contributed by atoms with Crippen LogP contribution in [-0.4, -0.2) is 21.4 Å². The molecule has 0 saturated carbocycles. The number of nitrogens with zero attached hydrogens (tertiary/aromatic N) is 2. The largest absolute Gasteiger partial charge is 0.385 e. The molecule has 2 N–H and O–H groups in total. The van der Waals surface area contributed by atoms with E-state index in [-0.39, 0.29) is 5.69 Å². The first-order valence-electron chi connectivity index (χ1n) is 5.72. The molecule has 6 nitrogen and oxygen atoms in total. The van der Waals surface area contributed by atoms with Gasteiger partial charge in [0.2, 0.25) is 0 Å². The highest BCUT2D eigenvalue weighted by molar-refractivity contribution is 5.48. The summed E-state index contributed by atoms with van der Waals surface area (Å²) in [4.78, 5) is 17.3. The number of hydrogen-bond donors (Lipinski definition) is 2. The van der Waals surface area contributed by atoms with E-state index in [9.17, 15) is 10.1 Å². The van der Waals surface area contributed by atoms with Crippen molar-refractivity contribution in [2.75, 3.05) is 11.9 Å². The summed E-state index contributed by atoms with van der Waals surface area (Å²) in [5.74, 6) is 0.973. The van der Waals surface area contributed by atoms with Crippen LogP contribution in [0.25, 0.3) is 0 Å². The summed E-state index contributed by atoms with van der Waals surface area (Å²) in [6.45, 7) is 0.804. The first-order valence-corrected chi connectivity index (χ1v) is 5.72. The normalized spacial score (nSPS) is 10.2. The van der Waals surface area contributed by atoms with Crippen LogP contribution in [0.2, 0.25) is 0 Å². The van der Waals surface area contributed by atoms with Crippen LogP contribution in [0.15, 0.2) is 36.7 Å².